The molecular weight excluding hydrogens is 294 g/mol. The lowest BCUT2D eigenvalue weighted by atomic mass is 9.86. The molecule has 0 atom stereocenters. The van der Waals surface area contributed by atoms with Crippen LogP contribution >= 0.6 is 11.3 Å². The fourth-order valence-corrected chi connectivity index (χ4v) is 4.40. The molecule has 0 radical (unpaired) electrons. The second kappa shape index (κ2) is 6.28. The van der Waals surface area contributed by atoms with Crippen molar-refractivity contribution in [2.24, 2.45) is 5.92 Å². The maximum atomic E-state index is 9.72. The van der Waals surface area contributed by atoms with Gasteiger partial charge < -0.3 is 5.11 Å². The van der Waals surface area contributed by atoms with Gasteiger partial charge >= 0.3 is 0 Å². The van der Waals surface area contributed by atoms with E-state index in [1.165, 1.54) is 38.5 Å². The molecular formula is C17H27N3OS. The topological polar surface area (TPSA) is 50.4 Å². The molecule has 1 aliphatic carbocycles. The van der Waals surface area contributed by atoms with E-state index in [-0.39, 0.29) is 12.0 Å². The summed E-state index contributed by atoms with van der Waals surface area (Å²) in [4.78, 5) is 5.65. The third-order valence-corrected chi connectivity index (χ3v) is 5.66. The monoisotopic (exact) mass is 321 g/mol. The van der Waals surface area contributed by atoms with Crippen molar-refractivity contribution in [2.45, 2.75) is 77.7 Å². The molecule has 0 bridgehead atoms. The molecule has 0 spiro atoms. The average Bonchev–Trinajstić information content (AvgIpc) is 3.02. The van der Waals surface area contributed by atoms with Crippen molar-refractivity contribution >= 4 is 16.3 Å². The van der Waals surface area contributed by atoms with Crippen LogP contribution < -0.4 is 0 Å². The summed E-state index contributed by atoms with van der Waals surface area (Å²) in [7, 11) is 0. The molecule has 0 aliphatic heterocycles. The molecule has 1 aliphatic rings. The summed E-state index contributed by atoms with van der Waals surface area (Å²) in [5, 5.41) is 15.6. The zero-order chi connectivity index (χ0) is 15.7. The SMILES string of the molecule is CC(C)(C)c1nc2sc(CCC3CCCCC3)nn2c1CO. The molecule has 2 aromatic rings. The van der Waals surface area contributed by atoms with Crippen LogP contribution in [0.1, 0.15) is 75.7 Å². The first-order valence-electron chi connectivity index (χ1n) is 8.47. The van der Waals surface area contributed by atoms with Gasteiger partial charge in [0.05, 0.1) is 18.0 Å². The molecule has 0 unspecified atom stereocenters. The Morgan fingerprint density at radius 2 is 1.95 bits per heavy atom. The number of hydrogen-bond donors (Lipinski definition) is 1. The molecule has 0 saturated heterocycles. The Morgan fingerprint density at radius 1 is 1.23 bits per heavy atom. The normalized spacial score (nSPS) is 17.5. The predicted octanol–water partition coefficient (Wildman–Crippen LogP) is 4.09. The van der Waals surface area contributed by atoms with Gasteiger partial charge in [-0.15, -0.1) is 0 Å². The van der Waals surface area contributed by atoms with Gasteiger partial charge in [0, 0.05) is 11.8 Å². The van der Waals surface area contributed by atoms with Crippen LogP contribution in [0.15, 0.2) is 0 Å². The number of aliphatic hydroxyl groups excluding tert-OH is 1. The van der Waals surface area contributed by atoms with E-state index in [2.05, 4.69) is 20.8 Å². The van der Waals surface area contributed by atoms with E-state index >= 15 is 0 Å². The molecule has 4 nitrogen and oxygen atoms in total. The van der Waals surface area contributed by atoms with Crippen LogP contribution in [0.25, 0.3) is 4.96 Å². The van der Waals surface area contributed by atoms with Crippen molar-refractivity contribution in [3.63, 3.8) is 0 Å². The molecule has 122 valence electrons. The molecule has 1 saturated carbocycles. The Morgan fingerprint density at radius 3 is 2.59 bits per heavy atom. The number of hydrogen-bond acceptors (Lipinski definition) is 4. The number of nitrogens with zero attached hydrogens (tertiary/aromatic N) is 3. The van der Waals surface area contributed by atoms with E-state index in [0.717, 1.165) is 33.7 Å². The maximum absolute atomic E-state index is 9.72. The van der Waals surface area contributed by atoms with Crippen molar-refractivity contribution in [3.8, 4) is 0 Å². The third kappa shape index (κ3) is 3.20. The molecule has 2 heterocycles. The largest absolute Gasteiger partial charge is 0.390 e. The zero-order valence-corrected chi connectivity index (χ0v) is 14.7. The van der Waals surface area contributed by atoms with Crippen LogP contribution in [0.4, 0.5) is 0 Å². The summed E-state index contributed by atoms with van der Waals surface area (Å²) >= 11 is 1.68. The highest BCUT2D eigenvalue weighted by atomic mass is 32.1. The highest BCUT2D eigenvalue weighted by Gasteiger charge is 2.25. The standard InChI is InChI=1S/C17H27N3OS/c1-17(2,3)15-13(11-21)20-16(18-15)22-14(19-20)10-9-12-7-5-4-6-8-12/h12,21H,4-11H2,1-3H3. The zero-order valence-electron chi connectivity index (χ0n) is 13.9. The van der Waals surface area contributed by atoms with Gasteiger partial charge in [0.15, 0.2) is 0 Å². The van der Waals surface area contributed by atoms with Gasteiger partial charge in [-0.25, -0.2) is 9.50 Å². The van der Waals surface area contributed by atoms with Crippen LogP contribution in [-0.4, -0.2) is 19.7 Å². The van der Waals surface area contributed by atoms with Crippen LogP contribution in [0.5, 0.6) is 0 Å². The van der Waals surface area contributed by atoms with E-state index < -0.39 is 0 Å². The predicted molar refractivity (Wildman–Crippen MR) is 90.4 cm³/mol. The second-order valence-electron chi connectivity index (χ2n) is 7.55. The first-order valence-corrected chi connectivity index (χ1v) is 9.29. The van der Waals surface area contributed by atoms with Gasteiger partial charge in [-0.2, -0.15) is 5.10 Å². The van der Waals surface area contributed by atoms with E-state index in [9.17, 15) is 5.11 Å². The Hall–Kier alpha value is -0.940. The molecule has 2 aromatic heterocycles. The fourth-order valence-electron chi connectivity index (χ4n) is 3.48. The van der Waals surface area contributed by atoms with E-state index in [1.807, 2.05) is 4.52 Å². The number of aryl methyl sites for hydroxylation is 1. The fraction of sp³-hybridized carbons (Fsp3) is 0.765. The number of fused-ring (bicyclic) bond motifs is 1. The highest BCUT2D eigenvalue weighted by molar-refractivity contribution is 7.16. The maximum Gasteiger partial charge on any atom is 0.212 e. The molecule has 1 fully saturated rings. The highest BCUT2D eigenvalue weighted by Crippen LogP contribution is 2.31. The Balaban J connectivity index is 1.77. The number of aliphatic hydroxyl groups is 1. The van der Waals surface area contributed by atoms with Crippen LogP contribution in [0.3, 0.4) is 0 Å². The lowest BCUT2D eigenvalue weighted by Gasteiger charge is -2.20. The molecule has 22 heavy (non-hydrogen) atoms. The summed E-state index contributed by atoms with van der Waals surface area (Å²) < 4.78 is 1.86. The second-order valence-corrected chi connectivity index (χ2v) is 8.59. The number of aromatic nitrogens is 3. The lowest BCUT2D eigenvalue weighted by Crippen LogP contribution is -2.15. The van der Waals surface area contributed by atoms with E-state index in [1.54, 1.807) is 11.3 Å². The quantitative estimate of drug-likeness (QED) is 0.922. The summed E-state index contributed by atoms with van der Waals surface area (Å²) in [5.41, 5.74) is 1.75. The summed E-state index contributed by atoms with van der Waals surface area (Å²) in [5.74, 6) is 0.882. The van der Waals surface area contributed by atoms with Crippen molar-refractivity contribution in [1.29, 1.82) is 0 Å². The first-order chi connectivity index (χ1) is 10.5. The van der Waals surface area contributed by atoms with Gasteiger partial charge in [-0.05, 0) is 12.3 Å². The summed E-state index contributed by atoms with van der Waals surface area (Å²) in [6, 6.07) is 0. The van der Waals surface area contributed by atoms with E-state index in [4.69, 9.17) is 10.1 Å². The molecule has 5 heteroatoms. The average molecular weight is 321 g/mol. The van der Waals surface area contributed by atoms with Gasteiger partial charge in [0.2, 0.25) is 4.96 Å². The van der Waals surface area contributed by atoms with Crippen molar-refractivity contribution in [1.82, 2.24) is 14.6 Å². The molecule has 0 aromatic carbocycles. The Kier molecular flexibility index (Phi) is 4.55. The van der Waals surface area contributed by atoms with Crippen LogP contribution in [0.2, 0.25) is 0 Å². The minimum atomic E-state index is -0.0618. The summed E-state index contributed by atoms with van der Waals surface area (Å²) in [6.45, 7) is 6.38. The Bertz CT molecular complexity index is 632. The van der Waals surface area contributed by atoms with Crippen LogP contribution in [0, 0.1) is 5.92 Å². The van der Waals surface area contributed by atoms with Crippen molar-refractivity contribution < 1.29 is 5.11 Å². The number of rotatable bonds is 4. The molecule has 1 N–H and O–H groups in total. The number of imidazole rings is 1. The minimum absolute atomic E-state index is 0.000428. The van der Waals surface area contributed by atoms with Crippen LogP contribution in [-0.2, 0) is 18.4 Å². The molecule has 3 rings (SSSR count). The smallest absolute Gasteiger partial charge is 0.212 e. The molecule has 0 amide bonds. The van der Waals surface area contributed by atoms with Gasteiger partial charge in [0.1, 0.15) is 5.01 Å². The van der Waals surface area contributed by atoms with Gasteiger partial charge in [-0.3, -0.25) is 0 Å². The lowest BCUT2D eigenvalue weighted by molar-refractivity contribution is 0.270. The van der Waals surface area contributed by atoms with Gasteiger partial charge in [0.25, 0.3) is 0 Å². The third-order valence-electron chi connectivity index (χ3n) is 4.69. The summed E-state index contributed by atoms with van der Waals surface area (Å²) in [6.07, 6.45) is 9.28. The Labute approximate surface area is 136 Å². The van der Waals surface area contributed by atoms with E-state index in [0.29, 0.717) is 0 Å². The van der Waals surface area contributed by atoms with Crippen molar-refractivity contribution in [3.05, 3.63) is 16.4 Å². The van der Waals surface area contributed by atoms with Crippen molar-refractivity contribution in [2.75, 3.05) is 0 Å². The minimum Gasteiger partial charge on any atom is -0.390 e. The van der Waals surface area contributed by atoms with Gasteiger partial charge in [-0.1, -0.05) is 64.2 Å². The first kappa shape index (κ1) is 15.9.